The second-order valence-corrected chi connectivity index (χ2v) is 8.92. The van der Waals surface area contributed by atoms with Crippen LogP contribution in [0.3, 0.4) is 0 Å². The fourth-order valence-electron chi connectivity index (χ4n) is 4.62. The van der Waals surface area contributed by atoms with Gasteiger partial charge in [0.1, 0.15) is 19.0 Å². The quantitative estimate of drug-likeness (QED) is 0.348. The Hall–Kier alpha value is -3.83. The van der Waals surface area contributed by atoms with E-state index in [0.29, 0.717) is 74.3 Å². The lowest BCUT2D eigenvalue weighted by Gasteiger charge is -2.30. The van der Waals surface area contributed by atoms with Crippen molar-refractivity contribution in [2.45, 2.75) is 39.0 Å². The average molecular weight is 509 g/mol. The lowest BCUT2D eigenvalue weighted by Crippen LogP contribution is -2.32. The SMILES string of the molecule is CC[C@@H](c1nnnn1CCOC)N(Cc1ccc(F)cc1)Cc1cc2cc3c(cc2[nH]c1=O)OCCO3. The zero-order chi connectivity index (χ0) is 25.8. The number of fused-ring (bicyclic) bond motifs is 2. The Bertz CT molecular complexity index is 1420. The fraction of sp³-hybridized carbons (Fsp3) is 0.385. The highest BCUT2D eigenvalue weighted by atomic mass is 19.1. The molecule has 5 rings (SSSR count). The largest absolute Gasteiger partial charge is 0.486 e. The maximum absolute atomic E-state index is 13.6. The highest BCUT2D eigenvalue weighted by Gasteiger charge is 2.26. The van der Waals surface area contributed by atoms with Gasteiger partial charge in [0, 0.05) is 37.2 Å². The van der Waals surface area contributed by atoms with Crippen LogP contribution in [-0.4, -0.2) is 57.0 Å². The standard InChI is InChI=1S/C26H29FN6O4/c1-3-22(25-29-30-31-33(25)8-9-35-2)32(15-17-4-6-20(27)7-5-17)16-19-12-18-13-23-24(37-11-10-36-23)14-21(18)28-26(19)34/h4-7,12-14,22H,3,8-11,15-16H2,1-2H3,(H,28,34)/t22-/m0/s1. The summed E-state index contributed by atoms with van der Waals surface area (Å²) in [5, 5.41) is 13.2. The molecule has 11 heteroatoms. The van der Waals surface area contributed by atoms with E-state index >= 15 is 0 Å². The Balaban J connectivity index is 1.52. The number of nitrogens with zero attached hydrogens (tertiary/aromatic N) is 5. The number of rotatable bonds is 10. The number of H-pyrrole nitrogens is 1. The number of halogens is 1. The van der Waals surface area contributed by atoms with Gasteiger partial charge in [0.15, 0.2) is 17.3 Å². The predicted octanol–water partition coefficient (Wildman–Crippen LogP) is 3.22. The number of methoxy groups -OCH3 is 1. The van der Waals surface area contributed by atoms with Gasteiger partial charge in [-0.1, -0.05) is 19.1 Å². The van der Waals surface area contributed by atoms with Crippen molar-refractivity contribution in [3.63, 3.8) is 0 Å². The Kier molecular flexibility index (Phi) is 7.42. The Labute approximate surface area is 213 Å². The van der Waals surface area contributed by atoms with E-state index in [-0.39, 0.29) is 17.4 Å². The van der Waals surface area contributed by atoms with Crippen LogP contribution in [-0.2, 0) is 24.4 Å². The number of ether oxygens (including phenoxy) is 3. The normalized spacial score (nSPS) is 13.8. The van der Waals surface area contributed by atoms with Crippen molar-refractivity contribution >= 4 is 10.9 Å². The second-order valence-electron chi connectivity index (χ2n) is 8.92. The van der Waals surface area contributed by atoms with E-state index in [2.05, 4.69) is 25.4 Å². The van der Waals surface area contributed by atoms with Crippen molar-refractivity contribution < 1.29 is 18.6 Å². The molecule has 3 heterocycles. The van der Waals surface area contributed by atoms with Crippen molar-refractivity contribution in [1.29, 1.82) is 0 Å². The zero-order valence-corrected chi connectivity index (χ0v) is 20.8. The molecule has 2 aromatic carbocycles. The van der Waals surface area contributed by atoms with Crippen LogP contribution in [0.2, 0.25) is 0 Å². The van der Waals surface area contributed by atoms with Gasteiger partial charge in [-0.3, -0.25) is 9.69 Å². The molecule has 0 unspecified atom stereocenters. The third kappa shape index (κ3) is 5.47. The minimum atomic E-state index is -0.300. The number of hydrogen-bond donors (Lipinski definition) is 1. The minimum absolute atomic E-state index is 0.192. The topological polar surface area (TPSA) is 107 Å². The van der Waals surface area contributed by atoms with E-state index in [9.17, 15) is 9.18 Å². The number of tetrazole rings is 1. The Morgan fingerprint density at radius 2 is 1.89 bits per heavy atom. The van der Waals surface area contributed by atoms with Gasteiger partial charge in [-0.15, -0.1) is 5.10 Å². The molecule has 194 valence electrons. The predicted molar refractivity (Wildman–Crippen MR) is 134 cm³/mol. The van der Waals surface area contributed by atoms with E-state index < -0.39 is 0 Å². The van der Waals surface area contributed by atoms with Crippen molar-refractivity contribution in [3.8, 4) is 11.5 Å². The van der Waals surface area contributed by atoms with Crippen LogP contribution in [0.5, 0.6) is 11.5 Å². The van der Waals surface area contributed by atoms with Gasteiger partial charge in [-0.2, -0.15) is 0 Å². The van der Waals surface area contributed by atoms with Crippen molar-refractivity contribution in [2.75, 3.05) is 26.9 Å². The van der Waals surface area contributed by atoms with Crippen LogP contribution in [0.4, 0.5) is 4.39 Å². The molecule has 0 bridgehead atoms. The van der Waals surface area contributed by atoms with Crippen molar-refractivity contribution in [1.82, 2.24) is 30.1 Å². The molecule has 10 nitrogen and oxygen atoms in total. The first-order chi connectivity index (χ1) is 18.1. The van der Waals surface area contributed by atoms with E-state index in [1.54, 1.807) is 30.0 Å². The van der Waals surface area contributed by atoms with E-state index in [1.165, 1.54) is 12.1 Å². The maximum Gasteiger partial charge on any atom is 0.252 e. The molecule has 4 aromatic rings. The first-order valence-corrected chi connectivity index (χ1v) is 12.2. The van der Waals surface area contributed by atoms with Gasteiger partial charge in [0.25, 0.3) is 5.56 Å². The van der Waals surface area contributed by atoms with Crippen LogP contribution in [0.15, 0.2) is 47.3 Å². The maximum atomic E-state index is 13.6. The summed E-state index contributed by atoms with van der Waals surface area (Å²) in [6.45, 7) is 4.76. The molecular formula is C26H29FN6O4. The molecule has 2 aromatic heterocycles. The summed E-state index contributed by atoms with van der Waals surface area (Å²) in [6, 6.07) is 11.7. The monoisotopic (exact) mass is 508 g/mol. The number of aromatic amines is 1. The lowest BCUT2D eigenvalue weighted by molar-refractivity contribution is 0.150. The van der Waals surface area contributed by atoms with Crippen LogP contribution in [0, 0.1) is 5.82 Å². The summed E-state index contributed by atoms with van der Waals surface area (Å²) in [5.41, 5.74) is 1.98. The highest BCUT2D eigenvalue weighted by Crippen LogP contribution is 2.34. The van der Waals surface area contributed by atoms with Crippen molar-refractivity contribution in [3.05, 3.63) is 75.6 Å². The summed E-state index contributed by atoms with van der Waals surface area (Å²) in [6.07, 6.45) is 0.693. The third-order valence-corrected chi connectivity index (χ3v) is 6.45. The summed E-state index contributed by atoms with van der Waals surface area (Å²) in [5.74, 6) is 1.66. The molecule has 37 heavy (non-hydrogen) atoms. The third-order valence-electron chi connectivity index (χ3n) is 6.45. The number of nitrogens with one attached hydrogen (secondary N) is 1. The molecule has 0 radical (unpaired) electrons. The molecule has 0 amide bonds. The van der Waals surface area contributed by atoms with Gasteiger partial charge >= 0.3 is 0 Å². The molecule has 0 saturated carbocycles. The van der Waals surface area contributed by atoms with Crippen molar-refractivity contribution in [2.24, 2.45) is 0 Å². The molecule has 0 spiro atoms. The summed E-state index contributed by atoms with van der Waals surface area (Å²) in [4.78, 5) is 18.3. The number of aromatic nitrogens is 5. The molecular weight excluding hydrogens is 479 g/mol. The van der Waals surface area contributed by atoms with Crippen LogP contribution < -0.4 is 15.0 Å². The average Bonchev–Trinajstić information content (AvgIpc) is 3.36. The van der Waals surface area contributed by atoms with E-state index in [1.807, 2.05) is 19.1 Å². The first kappa shape index (κ1) is 24.8. The number of benzene rings is 2. The Morgan fingerprint density at radius 3 is 2.62 bits per heavy atom. The molecule has 1 aliphatic heterocycles. The molecule has 0 fully saturated rings. The summed E-state index contributed by atoms with van der Waals surface area (Å²) < 4.78 is 31.9. The van der Waals surface area contributed by atoms with Gasteiger partial charge in [0.05, 0.1) is 24.7 Å². The molecule has 1 aliphatic rings. The van der Waals surface area contributed by atoms with Crippen LogP contribution >= 0.6 is 0 Å². The summed E-state index contributed by atoms with van der Waals surface area (Å²) >= 11 is 0. The highest BCUT2D eigenvalue weighted by molar-refractivity contribution is 5.83. The Morgan fingerprint density at radius 1 is 1.14 bits per heavy atom. The summed E-state index contributed by atoms with van der Waals surface area (Å²) in [7, 11) is 1.63. The minimum Gasteiger partial charge on any atom is -0.486 e. The zero-order valence-electron chi connectivity index (χ0n) is 20.8. The first-order valence-electron chi connectivity index (χ1n) is 12.2. The number of hydrogen-bond acceptors (Lipinski definition) is 8. The van der Waals surface area contributed by atoms with Gasteiger partial charge in [-0.05, 0) is 46.7 Å². The fourth-order valence-corrected chi connectivity index (χ4v) is 4.62. The van der Waals surface area contributed by atoms with Crippen LogP contribution in [0.1, 0.15) is 36.3 Å². The van der Waals surface area contributed by atoms with Gasteiger partial charge < -0.3 is 19.2 Å². The van der Waals surface area contributed by atoms with Gasteiger partial charge in [-0.25, -0.2) is 9.07 Å². The molecule has 0 saturated heterocycles. The van der Waals surface area contributed by atoms with E-state index in [4.69, 9.17) is 14.2 Å². The molecule has 0 aliphatic carbocycles. The molecule has 1 atom stereocenters. The second kappa shape index (κ2) is 11.1. The number of pyridine rings is 1. The van der Waals surface area contributed by atoms with Gasteiger partial charge in [0.2, 0.25) is 0 Å². The lowest BCUT2D eigenvalue weighted by atomic mass is 10.1. The molecule has 1 N–H and O–H groups in total. The smallest absolute Gasteiger partial charge is 0.252 e. The van der Waals surface area contributed by atoms with E-state index in [0.717, 1.165) is 10.9 Å². The van der Waals surface area contributed by atoms with Crippen LogP contribution in [0.25, 0.3) is 10.9 Å².